The van der Waals surface area contributed by atoms with E-state index in [1.165, 1.54) is 17.9 Å². The van der Waals surface area contributed by atoms with Gasteiger partial charge in [0.2, 0.25) is 0 Å². The molecule has 2 aromatic rings. The van der Waals surface area contributed by atoms with Crippen LogP contribution >= 0.6 is 0 Å². The molecule has 0 bridgehead atoms. The monoisotopic (exact) mass is 345 g/mol. The second-order valence-corrected chi connectivity index (χ2v) is 6.56. The molecule has 1 amide bonds. The minimum Gasteiger partial charge on any atom is -0.467 e. The van der Waals surface area contributed by atoms with Gasteiger partial charge in [-0.05, 0) is 45.2 Å². The van der Waals surface area contributed by atoms with Crippen molar-refractivity contribution in [3.8, 4) is 5.69 Å². The molecular weight excluding hydrogens is 325 g/mol. The van der Waals surface area contributed by atoms with E-state index in [2.05, 4.69) is 10.4 Å². The number of amides is 1. The number of para-hydroxylation sites is 1. The van der Waals surface area contributed by atoms with Crippen LogP contribution in [0.4, 0.5) is 4.39 Å². The standard InChI is InChI=1S/C18H20FN3O3/c1-18(2,17(24)25-3)20-16(23)15-11-7-6-10-13(11)22(21-15)14-9-5-4-8-12(14)19/h4-5,8-9H,6-7,10H2,1-3H3,(H,20,23). The maximum atomic E-state index is 14.2. The average molecular weight is 345 g/mol. The van der Waals surface area contributed by atoms with Crippen molar-refractivity contribution in [3.05, 3.63) is 47.0 Å². The number of carbonyl (C=O) groups is 2. The van der Waals surface area contributed by atoms with Gasteiger partial charge in [-0.3, -0.25) is 4.79 Å². The molecular formula is C18H20FN3O3. The molecule has 0 saturated carbocycles. The maximum absolute atomic E-state index is 14.2. The molecule has 0 unspecified atom stereocenters. The highest BCUT2D eigenvalue weighted by Gasteiger charge is 2.34. The van der Waals surface area contributed by atoms with Crippen LogP contribution in [0, 0.1) is 5.82 Å². The molecule has 3 rings (SSSR count). The number of fused-ring (bicyclic) bond motifs is 1. The molecule has 6 nitrogen and oxygen atoms in total. The van der Waals surface area contributed by atoms with Crippen molar-refractivity contribution in [3.63, 3.8) is 0 Å². The summed E-state index contributed by atoms with van der Waals surface area (Å²) in [5.41, 5.74) is 1.01. The summed E-state index contributed by atoms with van der Waals surface area (Å²) >= 11 is 0. The Balaban J connectivity index is 1.99. The van der Waals surface area contributed by atoms with Crippen molar-refractivity contribution in [2.45, 2.75) is 38.6 Å². The summed E-state index contributed by atoms with van der Waals surface area (Å²) in [7, 11) is 1.26. The summed E-state index contributed by atoms with van der Waals surface area (Å²) in [5, 5.41) is 6.99. The van der Waals surface area contributed by atoms with Crippen LogP contribution in [0.2, 0.25) is 0 Å². The predicted octanol–water partition coefficient (Wildman–Crippen LogP) is 2.18. The number of nitrogens with one attached hydrogen (secondary N) is 1. The number of esters is 1. The number of aromatic nitrogens is 2. The van der Waals surface area contributed by atoms with Crippen molar-refractivity contribution in [2.75, 3.05) is 7.11 Å². The number of methoxy groups -OCH3 is 1. The van der Waals surface area contributed by atoms with Gasteiger partial charge in [0, 0.05) is 11.3 Å². The van der Waals surface area contributed by atoms with E-state index in [-0.39, 0.29) is 5.69 Å². The van der Waals surface area contributed by atoms with E-state index in [1.807, 2.05) is 0 Å². The van der Waals surface area contributed by atoms with E-state index in [0.717, 1.165) is 24.1 Å². The van der Waals surface area contributed by atoms with Crippen LogP contribution < -0.4 is 5.32 Å². The predicted molar refractivity (Wildman–Crippen MR) is 89.1 cm³/mol. The van der Waals surface area contributed by atoms with E-state index in [0.29, 0.717) is 12.1 Å². The third-order valence-electron chi connectivity index (χ3n) is 4.35. The van der Waals surface area contributed by atoms with Crippen molar-refractivity contribution < 1.29 is 18.7 Å². The highest BCUT2D eigenvalue weighted by atomic mass is 19.1. The Labute approximate surface area is 145 Å². The third-order valence-corrected chi connectivity index (χ3v) is 4.35. The largest absolute Gasteiger partial charge is 0.467 e. The van der Waals surface area contributed by atoms with E-state index >= 15 is 0 Å². The summed E-state index contributed by atoms with van der Waals surface area (Å²) in [4.78, 5) is 24.5. The molecule has 1 aliphatic rings. The van der Waals surface area contributed by atoms with Crippen LogP contribution in [0.1, 0.15) is 42.0 Å². The number of halogens is 1. The SMILES string of the molecule is COC(=O)C(C)(C)NC(=O)c1nn(-c2ccccc2F)c2c1CCC2. The molecule has 0 aliphatic heterocycles. The second kappa shape index (κ2) is 6.31. The third kappa shape index (κ3) is 3.01. The molecule has 0 spiro atoms. The average Bonchev–Trinajstić information content (AvgIpc) is 3.16. The zero-order valence-corrected chi connectivity index (χ0v) is 14.4. The fraction of sp³-hybridized carbons (Fsp3) is 0.389. The lowest BCUT2D eigenvalue weighted by molar-refractivity contribution is -0.146. The van der Waals surface area contributed by atoms with Gasteiger partial charge in [-0.1, -0.05) is 12.1 Å². The minimum absolute atomic E-state index is 0.229. The molecule has 132 valence electrons. The van der Waals surface area contributed by atoms with E-state index < -0.39 is 23.2 Å². The summed E-state index contributed by atoms with van der Waals surface area (Å²) in [6.45, 7) is 3.12. The first-order valence-corrected chi connectivity index (χ1v) is 8.11. The van der Waals surface area contributed by atoms with Crippen molar-refractivity contribution in [1.29, 1.82) is 0 Å². The lowest BCUT2D eigenvalue weighted by Gasteiger charge is -2.22. The van der Waals surface area contributed by atoms with Crippen LogP contribution in [0.3, 0.4) is 0 Å². The van der Waals surface area contributed by atoms with Crippen LogP contribution in [0.15, 0.2) is 24.3 Å². The molecule has 0 atom stereocenters. The Bertz CT molecular complexity index is 842. The Morgan fingerprint density at radius 3 is 2.68 bits per heavy atom. The normalized spacial score (nSPS) is 13.4. The number of benzene rings is 1. The van der Waals surface area contributed by atoms with Gasteiger partial charge in [0.05, 0.1) is 7.11 Å². The molecule has 1 aliphatic carbocycles. The highest BCUT2D eigenvalue weighted by Crippen LogP contribution is 2.29. The first-order valence-electron chi connectivity index (χ1n) is 8.11. The summed E-state index contributed by atoms with van der Waals surface area (Å²) < 4.78 is 20.4. The van der Waals surface area contributed by atoms with Gasteiger partial charge >= 0.3 is 5.97 Å². The number of ether oxygens (including phenoxy) is 1. The molecule has 0 saturated heterocycles. The number of rotatable bonds is 4. The van der Waals surface area contributed by atoms with Gasteiger partial charge in [-0.2, -0.15) is 5.10 Å². The van der Waals surface area contributed by atoms with Crippen molar-refractivity contribution in [1.82, 2.24) is 15.1 Å². The Morgan fingerprint density at radius 2 is 2.00 bits per heavy atom. The lowest BCUT2D eigenvalue weighted by atomic mass is 10.1. The molecule has 1 aromatic carbocycles. The van der Waals surface area contributed by atoms with Crippen LogP contribution in [-0.4, -0.2) is 34.3 Å². The quantitative estimate of drug-likeness (QED) is 0.862. The first-order chi connectivity index (χ1) is 11.8. The highest BCUT2D eigenvalue weighted by molar-refractivity contribution is 5.98. The van der Waals surface area contributed by atoms with Gasteiger partial charge in [0.15, 0.2) is 5.69 Å². The van der Waals surface area contributed by atoms with Gasteiger partial charge in [-0.25, -0.2) is 13.9 Å². The number of hydrogen-bond donors (Lipinski definition) is 1. The second-order valence-electron chi connectivity index (χ2n) is 6.56. The summed E-state index contributed by atoms with van der Waals surface area (Å²) in [5.74, 6) is -1.42. The van der Waals surface area contributed by atoms with Gasteiger partial charge in [0.25, 0.3) is 5.91 Å². The Kier molecular flexibility index (Phi) is 4.32. The number of carbonyl (C=O) groups excluding carboxylic acids is 2. The molecule has 1 aromatic heterocycles. The lowest BCUT2D eigenvalue weighted by Crippen LogP contribution is -2.50. The fourth-order valence-electron chi connectivity index (χ4n) is 3.09. The number of nitrogens with zero attached hydrogens (tertiary/aromatic N) is 2. The molecule has 0 fully saturated rings. The molecule has 7 heteroatoms. The molecule has 1 heterocycles. The van der Waals surface area contributed by atoms with E-state index in [4.69, 9.17) is 4.74 Å². The number of hydrogen-bond acceptors (Lipinski definition) is 4. The Morgan fingerprint density at radius 1 is 1.28 bits per heavy atom. The van der Waals surface area contributed by atoms with Gasteiger partial charge in [-0.15, -0.1) is 0 Å². The fourth-order valence-corrected chi connectivity index (χ4v) is 3.09. The molecule has 1 N–H and O–H groups in total. The van der Waals surface area contributed by atoms with Crippen molar-refractivity contribution >= 4 is 11.9 Å². The zero-order valence-electron chi connectivity index (χ0n) is 14.4. The van der Waals surface area contributed by atoms with Gasteiger partial charge < -0.3 is 10.1 Å². The topological polar surface area (TPSA) is 73.2 Å². The zero-order chi connectivity index (χ0) is 18.2. The van der Waals surface area contributed by atoms with Crippen LogP contribution in [0.25, 0.3) is 5.69 Å². The van der Waals surface area contributed by atoms with Crippen LogP contribution in [0.5, 0.6) is 0 Å². The Hall–Kier alpha value is -2.70. The minimum atomic E-state index is -1.18. The summed E-state index contributed by atoms with van der Waals surface area (Å²) in [6.07, 6.45) is 2.30. The molecule has 25 heavy (non-hydrogen) atoms. The maximum Gasteiger partial charge on any atom is 0.330 e. The van der Waals surface area contributed by atoms with Gasteiger partial charge in [0.1, 0.15) is 17.0 Å². The smallest absolute Gasteiger partial charge is 0.330 e. The molecule has 0 radical (unpaired) electrons. The van der Waals surface area contributed by atoms with E-state index in [1.54, 1.807) is 32.0 Å². The summed E-state index contributed by atoms with van der Waals surface area (Å²) in [6, 6.07) is 6.32. The van der Waals surface area contributed by atoms with Crippen molar-refractivity contribution in [2.24, 2.45) is 0 Å². The van der Waals surface area contributed by atoms with E-state index in [9.17, 15) is 14.0 Å². The van der Waals surface area contributed by atoms with Crippen LogP contribution in [-0.2, 0) is 22.4 Å². The first kappa shape index (κ1) is 17.1.